The van der Waals surface area contributed by atoms with Gasteiger partial charge in [0.1, 0.15) is 0 Å². The van der Waals surface area contributed by atoms with Crippen LogP contribution in [0.3, 0.4) is 0 Å². The maximum absolute atomic E-state index is 9.87. The van der Waals surface area contributed by atoms with Gasteiger partial charge >= 0.3 is 0 Å². The van der Waals surface area contributed by atoms with Gasteiger partial charge in [0.25, 0.3) is 0 Å². The summed E-state index contributed by atoms with van der Waals surface area (Å²) < 4.78 is 10.4. The van der Waals surface area contributed by atoms with E-state index in [2.05, 4.69) is 0 Å². The Morgan fingerprint density at radius 2 is 1.69 bits per heavy atom. The molecular weight excluding hydrogens is 208 g/mol. The summed E-state index contributed by atoms with van der Waals surface area (Å²) in [6.07, 6.45) is 5.72. The number of aliphatic hydroxyl groups is 2. The lowest BCUT2D eigenvalue weighted by Crippen LogP contribution is -2.28. The van der Waals surface area contributed by atoms with Crippen molar-refractivity contribution in [3.05, 3.63) is 0 Å². The Labute approximate surface area is 97.6 Å². The van der Waals surface area contributed by atoms with Gasteiger partial charge in [0.15, 0.2) is 0 Å². The molecule has 0 aromatic carbocycles. The molecule has 1 fully saturated rings. The highest BCUT2D eigenvalue weighted by atomic mass is 16.5. The van der Waals surface area contributed by atoms with Crippen molar-refractivity contribution in [2.45, 2.75) is 38.2 Å². The topological polar surface area (TPSA) is 58.9 Å². The number of hydrogen-bond acceptors (Lipinski definition) is 4. The van der Waals surface area contributed by atoms with Crippen LogP contribution >= 0.6 is 0 Å². The Balaban J connectivity index is 1.94. The van der Waals surface area contributed by atoms with E-state index in [9.17, 15) is 5.11 Å². The minimum absolute atomic E-state index is 0.0463. The second-order valence-electron chi connectivity index (χ2n) is 4.38. The van der Waals surface area contributed by atoms with Gasteiger partial charge in [-0.25, -0.2) is 0 Å². The Morgan fingerprint density at radius 3 is 2.38 bits per heavy atom. The molecule has 4 heteroatoms. The molecule has 1 aliphatic rings. The maximum Gasteiger partial charge on any atom is 0.0801 e. The van der Waals surface area contributed by atoms with Crippen molar-refractivity contribution in [1.29, 1.82) is 0 Å². The van der Waals surface area contributed by atoms with E-state index in [-0.39, 0.29) is 12.7 Å². The van der Waals surface area contributed by atoms with Crippen LogP contribution in [0.4, 0.5) is 0 Å². The SMILES string of the molecule is OCCOCCOCC(O)C1CCCCC1. The van der Waals surface area contributed by atoms with Crippen molar-refractivity contribution in [1.82, 2.24) is 0 Å². The Bertz CT molecular complexity index is 157. The highest BCUT2D eigenvalue weighted by Gasteiger charge is 2.21. The number of ether oxygens (including phenoxy) is 2. The predicted octanol–water partition coefficient (Wildman–Crippen LogP) is 0.953. The first-order valence-corrected chi connectivity index (χ1v) is 6.29. The van der Waals surface area contributed by atoms with Crippen LogP contribution in [0.15, 0.2) is 0 Å². The van der Waals surface area contributed by atoms with Gasteiger partial charge in [-0.05, 0) is 18.8 Å². The van der Waals surface area contributed by atoms with Crippen LogP contribution in [0.25, 0.3) is 0 Å². The number of aliphatic hydroxyl groups excluding tert-OH is 2. The standard InChI is InChI=1S/C12H24O4/c13-6-7-15-8-9-16-10-12(14)11-4-2-1-3-5-11/h11-14H,1-10H2. The molecule has 0 aromatic heterocycles. The zero-order valence-corrected chi connectivity index (χ0v) is 9.94. The fraction of sp³-hybridized carbons (Fsp3) is 1.00. The average molecular weight is 232 g/mol. The molecule has 1 unspecified atom stereocenters. The minimum atomic E-state index is -0.321. The molecule has 1 atom stereocenters. The lowest BCUT2D eigenvalue weighted by atomic mass is 9.85. The zero-order chi connectivity index (χ0) is 11.6. The van der Waals surface area contributed by atoms with E-state index in [0.717, 1.165) is 12.8 Å². The molecule has 96 valence electrons. The van der Waals surface area contributed by atoms with Crippen molar-refractivity contribution in [3.8, 4) is 0 Å². The summed E-state index contributed by atoms with van der Waals surface area (Å²) in [4.78, 5) is 0. The van der Waals surface area contributed by atoms with Gasteiger partial charge in [-0.3, -0.25) is 0 Å². The molecule has 0 aromatic rings. The molecule has 1 aliphatic carbocycles. The Morgan fingerprint density at radius 1 is 1.00 bits per heavy atom. The summed E-state index contributed by atoms with van der Waals surface area (Å²) in [5, 5.41) is 18.3. The third-order valence-electron chi connectivity index (χ3n) is 3.09. The fourth-order valence-corrected chi connectivity index (χ4v) is 2.14. The van der Waals surface area contributed by atoms with E-state index in [0.29, 0.717) is 32.3 Å². The van der Waals surface area contributed by atoms with E-state index >= 15 is 0 Å². The first kappa shape index (κ1) is 13.9. The summed E-state index contributed by atoms with van der Waals surface area (Å²) in [6, 6.07) is 0. The average Bonchev–Trinajstić information content (AvgIpc) is 2.34. The van der Waals surface area contributed by atoms with E-state index < -0.39 is 0 Å². The molecule has 0 radical (unpaired) electrons. The molecule has 1 rings (SSSR count). The van der Waals surface area contributed by atoms with Gasteiger partial charge < -0.3 is 19.7 Å². The highest BCUT2D eigenvalue weighted by Crippen LogP contribution is 2.26. The van der Waals surface area contributed by atoms with Gasteiger partial charge in [0.05, 0.1) is 39.1 Å². The Hall–Kier alpha value is -0.160. The molecule has 0 aliphatic heterocycles. The van der Waals surface area contributed by atoms with E-state index in [1.807, 2.05) is 0 Å². The second kappa shape index (κ2) is 8.93. The fourth-order valence-electron chi connectivity index (χ4n) is 2.14. The van der Waals surface area contributed by atoms with Gasteiger partial charge in [0.2, 0.25) is 0 Å². The molecule has 0 amide bonds. The van der Waals surface area contributed by atoms with Crippen LogP contribution in [-0.2, 0) is 9.47 Å². The number of rotatable bonds is 8. The molecule has 4 nitrogen and oxygen atoms in total. The molecule has 0 saturated heterocycles. The minimum Gasteiger partial charge on any atom is -0.394 e. The third kappa shape index (κ3) is 5.80. The first-order valence-electron chi connectivity index (χ1n) is 6.29. The highest BCUT2D eigenvalue weighted by molar-refractivity contribution is 4.72. The third-order valence-corrected chi connectivity index (χ3v) is 3.09. The van der Waals surface area contributed by atoms with Gasteiger partial charge in [-0.15, -0.1) is 0 Å². The molecule has 1 saturated carbocycles. The molecule has 2 N–H and O–H groups in total. The van der Waals surface area contributed by atoms with Crippen LogP contribution in [0, 0.1) is 5.92 Å². The van der Waals surface area contributed by atoms with Crippen LogP contribution < -0.4 is 0 Å². The number of hydrogen-bond donors (Lipinski definition) is 2. The van der Waals surface area contributed by atoms with Gasteiger partial charge in [-0.1, -0.05) is 19.3 Å². The normalized spacial score (nSPS) is 19.9. The molecule has 0 bridgehead atoms. The Kier molecular flexibility index (Phi) is 7.76. The lowest BCUT2D eigenvalue weighted by molar-refractivity contribution is -0.0263. The summed E-state index contributed by atoms with van der Waals surface area (Å²) in [5.74, 6) is 0.423. The van der Waals surface area contributed by atoms with Crippen LogP contribution in [0.2, 0.25) is 0 Å². The van der Waals surface area contributed by atoms with Crippen LogP contribution in [0.1, 0.15) is 32.1 Å². The largest absolute Gasteiger partial charge is 0.394 e. The van der Waals surface area contributed by atoms with Crippen molar-refractivity contribution < 1.29 is 19.7 Å². The molecular formula is C12H24O4. The van der Waals surface area contributed by atoms with Gasteiger partial charge in [0, 0.05) is 0 Å². The monoisotopic (exact) mass is 232 g/mol. The van der Waals surface area contributed by atoms with Crippen molar-refractivity contribution in [3.63, 3.8) is 0 Å². The second-order valence-corrected chi connectivity index (χ2v) is 4.38. The van der Waals surface area contributed by atoms with E-state index in [4.69, 9.17) is 14.6 Å². The lowest BCUT2D eigenvalue weighted by Gasteiger charge is -2.26. The quantitative estimate of drug-likeness (QED) is 0.612. The van der Waals surface area contributed by atoms with E-state index in [1.54, 1.807) is 0 Å². The molecule has 16 heavy (non-hydrogen) atoms. The summed E-state index contributed by atoms with van der Waals surface area (Å²) in [6.45, 7) is 1.79. The van der Waals surface area contributed by atoms with Gasteiger partial charge in [-0.2, -0.15) is 0 Å². The van der Waals surface area contributed by atoms with Crippen molar-refractivity contribution >= 4 is 0 Å². The first-order chi connectivity index (χ1) is 7.84. The van der Waals surface area contributed by atoms with Crippen molar-refractivity contribution in [2.24, 2.45) is 5.92 Å². The van der Waals surface area contributed by atoms with E-state index in [1.165, 1.54) is 19.3 Å². The summed E-state index contributed by atoms with van der Waals surface area (Å²) in [7, 11) is 0. The summed E-state index contributed by atoms with van der Waals surface area (Å²) in [5.41, 5.74) is 0. The zero-order valence-electron chi connectivity index (χ0n) is 9.94. The maximum atomic E-state index is 9.87. The molecule has 0 heterocycles. The summed E-state index contributed by atoms with van der Waals surface area (Å²) >= 11 is 0. The van der Waals surface area contributed by atoms with Crippen LogP contribution in [0.5, 0.6) is 0 Å². The van der Waals surface area contributed by atoms with Crippen LogP contribution in [-0.4, -0.2) is 49.4 Å². The van der Waals surface area contributed by atoms with Crippen molar-refractivity contribution in [2.75, 3.05) is 33.0 Å². The smallest absolute Gasteiger partial charge is 0.0801 e. The molecule has 0 spiro atoms. The predicted molar refractivity (Wildman–Crippen MR) is 61.3 cm³/mol.